The molecular weight excluding hydrogens is 334 g/mol. The van der Waals surface area contributed by atoms with Gasteiger partial charge in [0.15, 0.2) is 0 Å². The van der Waals surface area contributed by atoms with E-state index in [4.69, 9.17) is 9.47 Å². The molecule has 0 radical (unpaired) electrons. The van der Waals surface area contributed by atoms with Crippen LogP contribution >= 0.6 is 0 Å². The van der Waals surface area contributed by atoms with Crippen molar-refractivity contribution in [2.45, 2.75) is 33.3 Å². The molecule has 26 heavy (non-hydrogen) atoms. The number of carbonyl (C=O) groups excluding carboxylic acids is 2. The van der Waals surface area contributed by atoms with E-state index in [1.165, 1.54) is 6.20 Å². The first kappa shape index (κ1) is 19.2. The number of hydrogen-bond acceptors (Lipinski definition) is 6. The number of anilines is 3. The number of aromatic nitrogens is 1. The smallest absolute Gasteiger partial charge is 0.412 e. The van der Waals surface area contributed by atoms with Gasteiger partial charge in [0.05, 0.1) is 24.1 Å². The van der Waals surface area contributed by atoms with Crippen molar-refractivity contribution in [1.82, 2.24) is 4.98 Å². The molecule has 1 aromatic carbocycles. The molecule has 2 aromatic rings. The van der Waals surface area contributed by atoms with Crippen molar-refractivity contribution >= 4 is 29.3 Å². The Morgan fingerprint density at radius 3 is 2.23 bits per heavy atom. The Bertz CT molecular complexity index is 750. The molecule has 2 rings (SSSR count). The highest BCUT2D eigenvalue weighted by Crippen LogP contribution is 2.18. The minimum atomic E-state index is -0.561. The predicted molar refractivity (Wildman–Crippen MR) is 99.8 cm³/mol. The summed E-state index contributed by atoms with van der Waals surface area (Å²) >= 11 is 0. The number of ether oxygens (including phenoxy) is 2. The first-order chi connectivity index (χ1) is 12.3. The van der Waals surface area contributed by atoms with Crippen LogP contribution in [0.2, 0.25) is 0 Å². The minimum absolute atomic E-state index is 0.340. The average Bonchev–Trinajstić information content (AvgIpc) is 2.56. The fraction of sp³-hybridized carbons (Fsp3) is 0.316. The molecular formula is C19H23N3O4. The lowest BCUT2D eigenvalue weighted by Crippen LogP contribution is -2.27. The molecule has 0 bridgehead atoms. The van der Waals surface area contributed by atoms with Gasteiger partial charge in [-0.15, -0.1) is 0 Å². The number of pyridine rings is 1. The fourth-order valence-corrected chi connectivity index (χ4v) is 2.02. The topological polar surface area (TPSA) is 89.6 Å². The number of carbonyl (C=O) groups is 2. The molecule has 0 aliphatic heterocycles. The van der Waals surface area contributed by atoms with Crippen molar-refractivity contribution in [3.05, 3.63) is 48.2 Å². The number of benzene rings is 1. The van der Waals surface area contributed by atoms with E-state index in [1.807, 2.05) is 0 Å². The molecule has 2 N–H and O–H groups in total. The largest absolute Gasteiger partial charge is 0.462 e. The first-order valence-corrected chi connectivity index (χ1v) is 8.27. The summed E-state index contributed by atoms with van der Waals surface area (Å²) in [6.45, 7) is 7.49. The van der Waals surface area contributed by atoms with Gasteiger partial charge in [0.1, 0.15) is 11.4 Å². The van der Waals surface area contributed by atoms with Gasteiger partial charge in [-0.25, -0.2) is 14.6 Å². The summed E-state index contributed by atoms with van der Waals surface area (Å²) in [4.78, 5) is 27.6. The van der Waals surface area contributed by atoms with E-state index >= 15 is 0 Å². The standard InChI is InChI=1S/C19H23N3O4/c1-5-25-17(23)13-6-8-14(9-7-13)21-16-11-10-15(12-20-16)22-18(24)26-19(2,3)4/h6-12H,5H2,1-4H3,(H,20,21)(H,22,24). The van der Waals surface area contributed by atoms with E-state index in [-0.39, 0.29) is 5.97 Å². The zero-order valence-electron chi connectivity index (χ0n) is 15.3. The van der Waals surface area contributed by atoms with Crippen LogP contribution in [0.3, 0.4) is 0 Å². The Kier molecular flexibility index (Phi) is 6.16. The van der Waals surface area contributed by atoms with E-state index in [9.17, 15) is 9.59 Å². The van der Waals surface area contributed by atoms with Crippen LogP contribution in [0.4, 0.5) is 22.0 Å². The fourth-order valence-electron chi connectivity index (χ4n) is 2.02. The highest BCUT2D eigenvalue weighted by Gasteiger charge is 2.16. The van der Waals surface area contributed by atoms with Crippen LogP contribution in [-0.2, 0) is 9.47 Å². The molecule has 0 saturated carbocycles. The van der Waals surface area contributed by atoms with Crippen LogP contribution < -0.4 is 10.6 Å². The Hall–Kier alpha value is -3.09. The lowest BCUT2D eigenvalue weighted by molar-refractivity contribution is 0.0525. The lowest BCUT2D eigenvalue weighted by atomic mass is 10.2. The summed E-state index contributed by atoms with van der Waals surface area (Å²) in [6, 6.07) is 10.3. The predicted octanol–water partition coefficient (Wildman–Crippen LogP) is 4.35. The van der Waals surface area contributed by atoms with Crippen LogP contribution in [0.25, 0.3) is 0 Å². The van der Waals surface area contributed by atoms with Gasteiger partial charge in [-0.2, -0.15) is 0 Å². The number of hydrogen-bond donors (Lipinski definition) is 2. The van der Waals surface area contributed by atoms with Crippen molar-refractivity contribution in [2.75, 3.05) is 17.2 Å². The Labute approximate surface area is 152 Å². The van der Waals surface area contributed by atoms with E-state index in [2.05, 4.69) is 15.6 Å². The Balaban J connectivity index is 1.94. The third-order valence-electron chi connectivity index (χ3n) is 3.08. The third-order valence-corrected chi connectivity index (χ3v) is 3.08. The molecule has 1 heterocycles. The molecule has 0 fully saturated rings. The molecule has 0 aliphatic rings. The highest BCUT2D eigenvalue weighted by molar-refractivity contribution is 5.90. The quantitative estimate of drug-likeness (QED) is 0.773. The molecule has 138 valence electrons. The van der Waals surface area contributed by atoms with E-state index < -0.39 is 11.7 Å². The molecule has 0 aliphatic carbocycles. The number of rotatable bonds is 5. The molecule has 0 spiro atoms. The molecule has 7 nitrogen and oxygen atoms in total. The van der Waals surface area contributed by atoms with Crippen molar-refractivity contribution in [3.63, 3.8) is 0 Å². The van der Waals surface area contributed by atoms with Crippen LogP contribution in [0.15, 0.2) is 42.6 Å². The zero-order chi connectivity index (χ0) is 19.2. The molecule has 7 heteroatoms. The van der Waals surface area contributed by atoms with Crippen molar-refractivity contribution in [2.24, 2.45) is 0 Å². The molecule has 0 saturated heterocycles. The van der Waals surface area contributed by atoms with Crippen LogP contribution in [0.1, 0.15) is 38.1 Å². The zero-order valence-corrected chi connectivity index (χ0v) is 15.3. The van der Waals surface area contributed by atoms with Gasteiger partial charge in [-0.05, 0) is 64.1 Å². The average molecular weight is 357 g/mol. The second-order valence-corrected chi connectivity index (χ2v) is 6.48. The summed E-state index contributed by atoms with van der Waals surface area (Å²) in [5.74, 6) is 0.248. The van der Waals surface area contributed by atoms with Crippen LogP contribution in [0.5, 0.6) is 0 Å². The normalized spacial score (nSPS) is 10.8. The lowest BCUT2D eigenvalue weighted by Gasteiger charge is -2.19. The maximum absolute atomic E-state index is 11.7. The third kappa shape index (κ3) is 6.08. The number of nitrogens with one attached hydrogen (secondary N) is 2. The van der Waals surface area contributed by atoms with E-state index in [0.29, 0.717) is 23.7 Å². The van der Waals surface area contributed by atoms with E-state index in [1.54, 1.807) is 64.1 Å². The molecule has 0 atom stereocenters. The SMILES string of the molecule is CCOC(=O)c1ccc(Nc2ccc(NC(=O)OC(C)(C)C)cn2)cc1. The summed E-state index contributed by atoms with van der Waals surface area (Å²) in [6.07, 6.45) is 0.994. The summed E-state index contributed by atoms with van der Waals surface area (Å²) in [5.41, 5.74) is 1.23. The van der Waals surface area contributed by atoms with Gasteiger partial charge >= 0.3 is 12.1 Å². The van der Waals surface area contributed by atoms with Gasteiger partial charge in [-0.1, -0.05) is 0 Å². The first-order valence-electron chi connectivity index (χ1n) is 8.27. The molecule has 1 aromatic heterocycles. The summed E-state index contributed by atoms with van der Waals surface area (Å²) < 4.78 is 10.1. The number of amides is 1. The monoisotopic (exact) mass is 357 g/mol. The van der Waals surface area contributed by atoms with Gasteiger partial charge < -0.3 is 14.8 Å². The van der Waals surface area contributed by atoms with Crippen molar-refractivity contribution in [1.29, 1.82) is 0 Å². The minimum Gasteiger partial charge on any atom is -0.462 e. The molecule has 1 amide bonds. The maximum atomic E-state index is 11.7. The second-order valence-electron chi connectivity index (χ2n) is 6.48. The Morgan fingerprint density at radius 2 is 1.69 bits per heavy atom. The summed E-state index contributed by atoms with van der Waals surface area (Å²) in [5, 5.41) is 5.73. The van der Waals surface area contributed by atoms with Crippen LogP contribution in [0, 0.1) is 0 Å². The van der Waals surface area contributed by atoms with Gasteiger partial charge in [-0.3, -0.25) is 5.32 Å². The van der Waals surface area contributed by atoms with Crippen molar-refractivity contribution < 1.29 is 19.1 Å². The molecule has 0 unspecified atom stereocenters. The second kappa shape index (κ2) is 8.33. The number of nitrogens with zero attached hydrogens (tertiary/aromatic N) is 1. The van der Waals surface area contributed by atoms with Gasteiger partial charge in [0.25, 0.3) is 0 Å². The maximum Gasteiger partial charge on any atom is 0.412 e. The van der Waals surface area contributed by atoms with E-state index in [0.717, 1.165) is 5.69 Å². The van der Waals surface area contributed by atoms with Crippen LogP contribution in [-0.4, -0.2) is 29.3 Å². The highest BCUT2D eigenvalue weighted by atomic mass is 16.6. The Morgan fingerprint density at radius 1 is 1.04 bits per heavy atom. The number of esters is 1. The van der Waals surface area contributed by atoms with Gasteiger partial charge in [0, 0.05) is 5.69 Å². The van der Waals surface area contributed by atoms with Crippen molar-refractivity contribution in [3.8, 4) is 0 Å². The van der Waals surface area contributed by atoms with Gasteiger partial charge in [0.2, 0.25) is 0 Å². The summed E-state index contributed by atoms with van der Waals surface area (Å²) in [7, 11) is 0.